The lowest BCUT2D eigenvalue weighted by Crippen LogP contribution is -2.71. The van der Waals surface area contributed by atoms with Gasteiger partial charge < -0.3 is 53.3 Å². The first-order chi connectivity index (χ1) is 19.5. The molecular weight excluding hydrogens is 564 g/mol. The monoisotopic (exact) mass is 602 g/mol. The molecule has 4 saturated heterocycles. The van der Waals surface area contributed by atoms with Gasteiger partial charge in [0.15, 0.2) is 42.4 Å². The van der Waals surface area contributed by atoms with E-state index in [9.17, 15) is 24.0 Å². The Morgan fingerprint density at radius 2 is 1.26 bits per heavy atom. The Kier molecular flexibility index (Phi) is 9.16. The zero-order valence-electron chi connectivity index (χ0n) is 24.7. The van der Waals surface area contributed by atoms with Crippen molar-refractivity contribution in [2.45, 2.75) is 128 Å². The van der Waals surface area contributed by atoms with Gasteiger partial charge in [-0.1, -0.05) is 0 Å². The molecule has 42 heavy (non-hydrogen) atoms. The highest BCUT2D eigenvalue weighted by atomic mass is 16.9. The third-order valence-corrected chi connectivity index (χ3v) is 6.81. The molecule has 4 aliphatic heterocycles. The number of esters is 3. The van der Waals surface area contributed by atoms with Gasteiger partial charge in [-0.15, -0.1) is 0 Å². The maximum Gasteiger partial charge on any atom is 0.303 e. The first-order valence-corrected chi connectivity index (χ1v) is 13.5. The minimum absolute atomic E-state index is 0.427. The average Bonchev–Trinajstić information content (AvgIpc) is 3.33. The fraction of sp³-hybridized carbons (Fsp3) is 0.808. The van der Waals surface area contributed by atoms with Crippen molar-refractivity contribution in [2.24, 2.45) is 0 Å². The van der Waals surface area contributed by atoms with Crippen LogP contribution in [0.3, 0.4) is 0 Å². The summed E-state index contributed by atoms with van der Waals surface area (Å²) < 4.78 is 51.9. The van der Waals surface area contributed by atoms with E-state index in [1.54, 1.807) is 27.7 Å². The molecule has 2 N–H and O–H groups in total. The second-order valence-electron chi connectivity index (χ2n) is 11.4. The van der Waals surface area contributed by atoms with Gasteiger partial charge in [0.25, 0.3) is 5.91 Å². The van der Waals surface area contributed by atoms with E-state index in [1.165, 1.54) is 6.92 Å². The van der Waals surface area contributed by atoms with Crippen molar-refractivity contribution in [1.29, 1.82) is 0 Å². The van der Waals surface area contributed by atoms with E-state index in [0.717, 1.165) is 20.8 Å². The lowest BCUT2D eigenvalue weighted by molar-refractivity contribution is -0.239. The van der Waals surface area contributed by atoms with Crippen molar-refractivity contribution >= 4 is 29.7 Å². The normalized spacial score (nSPS) is 37.9. The summed E-state index contributed by atoms with van der Waals surface area (Å²) in [7, 11) is 0. The van der Waals surface area contributed by atoms with E-state index >= 15 is 0 Å². The molecule has 0 unspecified atom stereocenters. The van der Waals surface area contributed by atoms with Crippen LogP contribution in [0.2, 0.25) is 0 Å². The van der Waals surface area contributed by atoms with Crippen LogP contribution < -0.4 is 10.6 Å². The van der Waals surface area contributed by atoms with Crippen LogP contribution in [0.5, 0.6) is 0 Å². The second kappa shape index (κ2) is 12.0. The van der Waals surface area contributed by atoms with Gasteiger partial charge in [0.1, 0.15) is 37.1 Å². The molecule has 0 radical (unpaired) electrons. The molecule has 0 aromatic carbocycles. The quantitative estimate of drug-likeness (QED) is 0.270. The van der Waals surface area contributed by atoms with Crippen molar-refractivity contribution in [3.8, 4) is 0 Å². The van der Waals surface area contributed by atoms with Crippen LogP contribution >= 0.6 is 0 Å². The van der Waals surface area contributed by atoms with Gasteiger partial charge in [-0.25, -0.2) is 0 Å². The largest absolute Gasteiger partial charge is 0.463 e. The highest BCUT2D eigenvalue weighted by Gasteiger charge is 2.62. The zero-order valence-corrected chi connectivity index (χ0v) is 24.7. The number of nitrogens with one attached hydrogen (secondary N) is 2. The molecule has 0 spiro atoms. The maximum atomic E-state index is 13.8. The predicted octanol–water partition coefficient (Wildman–Crippen LogP) is -0.845. The summed E-state index contributed by atoms with van der Waals surface area (Å²) in [5.74, 6) is -5.58. The van der Waals surface area contributed by atoms with Gasteiger partial charge in [0.2, 0.25) is 5.91 Å². The maximum absolute atomic E-state index is 13.8. The van der Waals surface area contributed by atoms with Crippen molar-refractivity contribution in [2.75, 3.05) is 6.61 Å². The summed E-state index contributed by atoms with van der Waals surface area (Å²) in [6, 6.07) is -1.25. The van der Waals surface area contributed by atoms with Gasteiger partial charge in [-0.05, 0) is 27.7 Å². The standard InChI is InChI=1S/C26H38N2O14/c1-10(29)27-15-17(36-13(4)32)16(35-12(3)31)14(9-34-11(2)30)37-23(15)28-22(33)20-18-19(40-25(5,6)39-18)21-24(38-20)42-26(7,8)41-21/h14-21,23-24H,9H2,1-8H3,(H,27,29)(H,28,33)/t14-,15-,16-,17-,18-,19+,20+,21-,23-,24-/m1/s1. The SMILES string of the molecule is CC(=O)N[C@@H]1[C@@H](OC(C)=O)[C@H](OC(C)=O)[C@@H](COC(C)=O)O[C@H]1NC(=O)[C@H]1O[C@@H]2OC(C)(C)O[C@@H]2[C@H]2OC(C)(C)O[C@H]21. The van der Waals surface area contributed by atoms with E-state index in [-0.39, 0.29) is 0 Å². The van der Waals surface area contributed by atoms with Crippen LogP contribution in [-0.4, -0.2) is 109 Å². The van der Waals surface area contributed by atoms with E-state index in [2.05, 4.69) is 10.6 Å². The summed E-state index contributed by atoms with van der Waals surface area (Å²) in [5, 5.41) is 5.27. The highest BCUT2D eigenvalue weighted by molar-refractivity contribution is 5.82. The van der Waals surface area contributed by atoms with Crippen molar-refractivity contribution in [1.82, 2.24) is 10.6 Å². The van der Waals surface area contributed by atoms with Gasteiger partial charge >= 0.3 is 17.9 Å². The molecule has 2 amide bonds. The Morgan fingerprint density at radius 1 is 0.690 bits per heavy atom. The third kappa shape index (κ3) is 7.18. The van der Waals surface area contributed by atoms with Crippen molar-refractivity contribution in [3.63, 3.8) is 0 Å². The van der Waals surface area contributed by atoms with Crippen molar-refractivity contribution < 1.29 is 66.6 Å². The number of carbonyl (C=O) groups excluding carboxylic acids is 5. The van der Waals surface area contributed by atoms with E-state index in [0.29, 0.717) is 0 Å². The molecule has 16 nitrogen and oxygen atoms in total. The molecule has 16 heteroatoms. The molecule has 10 atom stereocenters. The minimum atomic E-state index is -1.38. The van der Waals surface area contributed by atoms with E-state index in [1.807, 2.05) is 0 Å². The van der Waals surface area contributed by atoms with Crippen LogP contribution in [-0.2, 0) is 66.6 Å². The third-order valence-electron chi connectivity index (χ3n) is 6.81. The molecule has 0 aromatic rings. The number of hydrogen-bond acceptors (Lipinski definition) is 14. The molecular formula is C26H38N2O14. The van der Waals surface area contributed by atoms with Crippen LogP contribution in [0.15, 0.2) is 0 Å². The molecule has 0 aromatic heterocycles. The van der Waals surface area contributed by atoms with Gasteiger partial charge in [-0.3, -0.25) is 24.0 Å². The van der Waals surface area contributed by atoms with Gasteiger partial charge in [0, 0.05) is 27.7 Å². The molecule has 4 aliphatic rings. The lowest BCUT2D eigenvalue weighted by Gasteiger charge is -2.46. The minimum Gasteiger partial charge on any atom is -0.463 e. The Labute approximate surface area is 242 Å². The Hall–Kier alpha value is -2.89. The number of carbonyl (C=O) groups is 5. The lowest BCUT2D eigenvalue weighted by atomic mass is 9.94. The molecule has 0 saturated carbocycles. The molecule has 0 bridgehead atoms. The summed E-state index contributed by atoms with van der Waals surface area (Å²) in [6.45, 7) is 11.0. The molecule has 4 heterocycles. The number of ether oxygens (including phenoxy) is 9. The summed E-state index contributed by atoms with van der Waals surface area (Å²) in [5.41, 5.74) is 0. The number of rotatable bonds is 7. The topological polar surface area (TPSA) is 192 Å². The average molecular weight is 603 g/mol. The van der Waals surface area contributed by atoms with Gasteiger partial charge in [0.05, 0.1) is 0 Å². The number of fused-ring (bicyclic) bond motifs is 3. The van der Waals surface area contributed by atoms with E-state index < -0.39 is 109 Å². The van der Waals surface area contributed by atoms with Crippen molar-refractivity contribution in [3.05, 3.63) is 0 Å². The summed E-state index contributed by atoms with van der Waals surface area (Å²) in [4.78, 5) is 61.7. The second-order valence-corrected chi connectivity index (χ2v) is 11.4. The highest BCUT2D eigenvalue weighted by Crippen LogP contribution is 2.44. The molecule has 4 fully saturated rings. The van der Waals surface area contributed by atoms with Crippen LogP contribution in [0.4, 0.5) is 0 Å². The predicted molar refractivity (Wildman–Crippen MR) is 135 cm³/mol. The fourth-order valence-electron chi connectivity index (χ4n) is 5.50. The fourth-order valence-corrected chi connectivity index (χ4v) is 5.50. The van der Waals surface area contributed by atoms with Crippen LogP contribution in [0.1, 0.15) is 55.4 Å². The zero-order chi connectivity index (χ0) is 31.1. The number of amides is 2. The van der Waals surface area contributed by atoms with Crippen LogP contribution in [0.25, 0.3) is 0 Å². The Bertz CT molecular complexity index is 1090. The summed E-state index contributed by atoms with van der Waals surface area (Å²) >= 11 is 0. The van der Waals surface area contributed by atoms with Gasteiger partial charge in [-0.2, -0.15) is 0 Å². The van der Waals surface area contributed by atoms with E-state index in [4.69, 9.17) is 42.6 Å². The first kappa shape index (κ1) is 32.0. The smallest absolute Gasteiger partial charge is 0.303 e. The van der Waals surface area contributed by atoms with Crippen LogP contribution in [0, 0.1) is 0 Å². The first-order valence-electron chi connectivity index (χ1n) is 13.5. The Morgan fingerprint density at radius 3 is 1.86 bits per heavy atom. The number of hydrogen-bond donors (Lipinski definition) is 2. The molecule has 0 aliphatic carbocycles. The summed E-state index contributed by atoms with van der Waals surface area (Å²) in [6.07, 6.45) is -9.84. The molecule has 236 valence electrons. The Balaban J connectivity index is 1.64. The molecule has 4 rings (SSSR count).